The first kappa shape index (κ1) is 11.2. The SMILES string of the molecule is Cc1c[nH]c(C)c1C(=O)N1CCN(C)CC1. The maximum Gasteiger partial charge on any atom is 0.256 e. The predicted molar refractivity (Wildman–Crippen MR) is 63.7 cm³/mol. The summed E-state index contributed by atoms with van der Waals surface area (Å²) in [6.45, 7) is 7.53. The number of amides is 1. The van der Waals surface area contributed by atoms with E-state index < -0.39 is 0 Å². The van der Waals surface area contributed by atoms with E-state index in [2.05, 4.69) is 16.9 Å². The molecule has 1 N–H and O–H groups in total. The van der Waals surface area contributed by atoms with E-state index in [0.29, 0.717) is 0 Å². The molecule has 1 saturated heterocycles. The summed E-state index contributed by atoms with van der Waals surface area (Å²) >= 11 is 0. The number of aromatic amines is 1. The third kappa shape index (κ3) is 1.97. The van der Waals surface area contributed by atoms with Crippen molar-refractivity contribution in [2.45, 2.75) is 13.8 Å². The zero-order valence-electron chi connectivity index (χ0n) is 10.2. The Labute approximate surface area is 96.2 Å². The van der Waals surface area contributed by atoms with Crippen LogP contribution >= 0.6 is 0 Å². The molecule has 88 valence electrons. The second-order valence-corrected chi connectivity index (χ2v) is 4.57. The Morgan fingerprint density at radius 2 is 1.88 bits per heavy atom. The number of nitrogens with zero attached hydrogens (tertiary/aromatic N) is 2. The van der Waals surface area contributed by atoms with E-state index in [-0.39, 0.29) is 5.91 Å². The fourth-order valence-electron chi connectivity index (χ4n) is 2.15. The minimum atomic E-state index is 0.171. The normalized spacial score (nSPS) is 17.8. The van der Waals surface area contributed by atoms with Gasteiger partial charge in [0, 0.05) is 38.1 Å². The molecule has 0 spiro atoms. The number of carbonyl (C=O) groups is 1. The highest BCUT2D eigenvalue weighted by molar-refractivity contribution is 5.96. The summed E-state index contributed by atoms with van der Waals surface area (Å²) in [4.78, 5) is 19.6. The third-order valence-electron chi connectivity index (χ3n) is 3.28. The number of carbonyl (C=O) groups excluding carboxylic acids is 1. The number of piperazine rings is 1. The van der Waals surface area contributed by atoms with Gasteiger partial charge in [-0.1, -0.05) is 0 Å². The van der Waals surface area contributed by atoms with Crippen LogP contribution in [-0.2, 0) is 0 Å². The fraction of sp³-hybridized carbons (Fsp3) is 0.583. The number of aromatic nitrogens is 1. The van der Waals surface area contributed by atoms with Crippen LogP contribution in [0.4, 0.5) is 0 Å². The fourth-order valence-corrected chi connectivity index (χ4v) is 2.15. The van der Waals surface area contributed by atoms with Gasteiger partial charge in [0.1, 0.15) is 0 Å². The number of hydrogen-bond donors (Lipinski definition) is 1. The van der Waals surface area contributed by atoms with Gasteiger partial charge in [-0.2, -0.15) is 0 Å². The Bertz CT molecular complexity index is 369. The average molecular weight is 221 g/mol. The van der Waals surface area contributed by atoms with Crippen molar-refractivity contribution in [3.05, 3.63) is 23.0 Å². The second kappa shape index (κ2) is 4.29. The number of likely N-dealkylation sites (N-methyl/N-ethyl adjacent to an activating group) is 1. The predicted octanol–water partition coefficient (Wildman–Crippen LogP) is 1.02. The van der Waals surface area contributed by atoms with Crippen LogP contribution in [0.3, 0.4) is 0 Å². The van der Waals surface area contributed by atoms with Gasteiger partial charge in [0.2, 0.25) is 0 Å². The van der Waals surface area contributed by atoms with E-state index in [1.54, 1.807) is 0 Å². The molecule has 16 heavy (non-hydrogen) atoms. The molecule has 2 heterocycles. The van der Waals surface area contributed by atoms with Crippen molar-refractivity contribution < 1.29 is 4.79 Å². The largest absolute Gasteiger partial charge is 0.364 e. The molecule has 1 fully saturated rings. The average Bonchev–Trinajstić information content (AvgIpc) is 2.59. The topological polar surface area (TPSA) is 39.3 Å². The van der Waals surface area contributed by atoms with Gasteiger partial charge in [-0.15, -0.1) is 0 Å². The lowest BCUT2D eigenvalue weighted by atomic mass is 10.1. The monoisotopic (exact) mass is 221 g/mol. The van der Waals surface area contributed by atoms with Gasteiger partial charge in [-0.25, -0.2) is 0 Å². The number of nitrogens with one attached hydrogen (secondary N) is 1. The molecule has 0 radical (unpaired) electrons. The van der Waals surface area contributed by atoms with Crippen LogP contribution in [0.1, 0.15) is 21.6 Å². The van der Waals surface area contributed by atoms with Crippen molar-refractivity contribution in [2.24, 2.45) is 0 Å². The highest BCUT2D eigenvalue weighted by Crippen LogP contribution is 2.15. The highest BCUT2D eigenvalue weighted by atomic mass is 16.2. The smallest absolute Gasteiger partial charge is 0.256 e. The van der Waals surface area contributed by atoms with Crippen LogP contribution in [-0.4, -0.2) is 53.9 Å². The van der Waals surface area contributed by atoms with Gasteiger partial charge in [0.15, 0.2) is 0 Å². The molecule has 1 aliphatic rings. The van der Waals surface area contributed by atoms with Gasteiger partial charge in [0.25, 0.3) is 5.91 Å². The molecule has 4 heteroatoms. The molecule has 0 saturated carbocycles. The summed E-state index contributed by atoms with van der Waals surface area (Å²) in [7, 11) is 2.09. The maximum absolute atomic E-state index is 12.3. The number of H-pyrrole nitrogens is 1. The van der Waals surface area contributed by atoms with Crippen LogP contribution in [0.15, 0.2) is 6.20 Å². The standard InChI is InChI=1S/C12H19N3O/c1-9-8-13-10(2)11(9)12(16)15-6-4-14(3)5-7-15/h8,13H,4-7H2,1-3H3. The van der Waals surface area contributed by atoms with E-state index >= 15 is 0 Å². The van der Waals surface area contributed by atoms with Gasteiger partial charge in [-0.3, -0.25) is 4.79 Å². The van der Waals surface area contributed by atoms with E-state index in [0.717, 1.165) is 43.0 Å². The molecule has 1 aromatic rings. The van der Waals surface area contributed by atoms with Gasteiger partial charge in [0.05, 0.1) is 5.56 Å². The van der Waals surface area contributed by atoms with Crippen LogP contribution in [0.5, 0.6) is 0 Å². The van der Waals surface area contributed by atoms with Crippen molar-refractivity contribution >= 4 is 5.91 Å². The van der Waals surface area contributed by atoms with Crippen molar-refractivity contribution in [3.8, 4) is 0 Å². The van der Waals surface area contributed by atoms with E-state index in [1.165, 1.54) is 0 Å². The summed E-state index contributed by atoms with van der Waals surface area (Å²) in [5.74, 6) is 0.171. The van der Waals surface area contributed by atoms with Gasteiger partial charge < -0.3 is 14.8 Å². The molecule has 4 nitrogen and oxygen atoms in total. The lowest BCUT2D eigenvalue weighted by Gasteiger charge is -2.32. The summed E-state index contributed by atoms with van der Waals surface area (Å²) in [5.41, 5.74) is 2.87. The Morgan fingerprint density at radius 1 is 1.25 bits per heavy atom. The lowest BCUT2D eigenvalue weighted by molar-refractivity contribution is 0.0663. The zero-order chi connectivity index (χ0) is 11.7. The lowest BCUT2D eigenvalue weighted by Crippen LogP contribution is -2.47. The maximum atomic E-state index is 12.3. The first-order chi connectivity index (χ1) is 7.59. The molecule has 0 bridgehead atoms. The molecular weight excluding hydrogens is 202 g/mol. The summed E-state index contributed by atoms with van der Waals surface area (Å²) in [6.07, 6.45) is 1.90. The number of rotatable bonds is 1. The van der Waals surface area contributed by atoms with Crippen molar-refractivity contribution in [1.29, 1.82) is 0 Å². The van der Waals surface area contributed by atoms with Crippen LogP contribution < -0.4 is 0 Å². The van der Waals surface area contributed by atoms with Crippen molar-refractivity contribution in [3.63, 3.8) is 0 Å². The number of hydrogen-bond acceptors (Lipinski definition) is 2. The molecule has 1 aromatic heterocycles. The molecule has 1 aliphatic heterocycles. The van der Waals surface area contributed by atoms with E-state index in [1.807, 2.05) is 24.9 Å². The molecular formula is C12H19N3O. The molecule has 0 aromatic carbocycles. The first-order valence-electron chi connectivity index (χ1n) is 5.72. The van der Waals surface area contributed by atoms with E-state index in [4.69, 9.17) is 0 Å². The molecule has 0 atom stereocenters. The quantitative estimate of drug-likeness (QED) is 0.769. The summed E-state index contributed by atoms with van der Waals surface area (Å²) < 4.78 is 0. The molecule has 0 aliphatic carbocycles. The number of aryl methyl sites for hydroxylation is 2. The van der Waals surface area contributed by atoms with Gasteiger partial charge in [-0.05, 0) is 26.5 Å². The minimum absolute atomic E-state index is 0.171. The Balaban J connectivity index is 2.14. The van der Waals surface area contributed by atoms with Crippen molar-refractivity contribution in [2.75, 3.05) is 33.2 Å². The molecule has 1 amide bonds. The van der Waals surface area contributed by atoms with E-state index in [9.17, 15) is 4.79 Å². The summed E-state index contributed by atoms with van der Waals surface area (Å²) in [5, 5.41) is 0. The Kier molecular flexibility index (Phi) is 3.01. The van der Waals surface area contributed by atoms with Crippen molar-refractivity contribution in [1.82, 2.24) is 14.8 Å². The Hall–Kier alpha value is -1.29. The van der Waals surface area contributed by atoms with Crippen LogP contribution in [0.25, 0.3) is 0 Å². The second-order valence-electron chi connectivity index (χ2n) is 4.57. The third-order valence-corrected chi connectivity index (χ3v) is 3.28. The van der Waals surface area contributed by atoms with Crippen LogP contribution in [0.2, 0.25) is 0 Å². The zero-order valence-corrected chi connectivity index (χ0v) is 10.2. The van der Waals surface area contributed by atoms with Crippen LogP contribution in [0, 0.1) is 13.8 Å². The van der Waals surface area contributed by atoms with Gasteiger partial charge >= 0.3 is 0 Å². The first-order valence-corrected chi connectivity index (χ1v) is 5.72. The molecule has 2 rings (SSSR count). The minimum Gasteiger partial charge on any atom is -0.364 e. The molecule has 0 unspecified atom stereocenters. The summed E-state index contributed by atoms with van der Waals surface area (Å²) in [6, 6.07) is 0. The highest BCUT2D eigenvalue weighted by Gasteiger charge is 2.23. The Morgan fingerprint density at radius 3 is 2.38 bits per heavy atom.